The van der Waals surface area contributed by atoms with Gasteiger partial charge >= 0.3 is 0 Å². The van der Waals surface area contributed by atoms with Crippen molar-refractivity contribution in [2.45, 2.75) is 50.1 Å². The van der Waals surface area contributed by atoms with E-state index in [0.717, 1.165) is 17.9 Å². The zero-order valence-corrected chi connectivity index (χ0v) is 17.6. The number of nitrogens with zero attached hydrogens (tertiary/aromatic N) is 1. The Labute approximate surface area is 173 Å². The highest BCUT2D eigenvalue weighted by Crippen LogP contribution is 2.44. The summed E-state index contributed by atoms with van der Waals surface area (Å²) in [4.78, 5) is 12.9. The number of sulfonamides is 1. The molecule has 2 aliphatic rings. The summed E-state index contributed by atoms with van der Waals surface area (Å²) in [5, 5.41) is 3.20. The predicted molar refractivity (Wildman–Crippen MR) is 113 cm³/mol. The maximum absolute atomic E-state index is 12.9. The highest BCUT2D eigenvalue weighted by molar-refractivity contribution is 7.89. The first-order valence-electron chi connectivity index (χ1n) is 10.4. The van der Waals surface area contributed by atoms with Crippen LogP contribution in [-0.2, 0) is 16.6 Å². The van der Waals surface area contributed by atoms with Crippen LogP contribution in [0.15, 0.2) is 59.5 Å². The minimum Gasteiger partial charge on any atom is -0.349 e. The number of fused-ring (bicyclic) bond motifs is 2. The molecule has 0 unspecified atom stereocenters. The third-order valence-electron chi connectivity index (χ3n) is 6.36. The van der Waals surface area contributed by atoms with Crippen molar-refractivity contribution in [3.8, 4) is 0 Å². The Hall–Kier alpha value is -2.18. The lowest BCUT2D eigenvalue weighted by atomic mass is 9.95. The number of carbonyl (C=O) groups is 1. The first-order chi connectivity index (χ1) is 14.0. The van der Waals surface area contributed by atoms with E-state index < -0.39 is 10.0 Å². The van der Waals surface area contributed by atoms with Crippen LogP contribution in [0.4, 0.5) is 0 Å². The molecule has 154 valence electrons. The summed E-state index contributed by atoms with van der Waals surface area (Å²) in [6.07, 6.45) is 4.91. The first kappa shape index (κ1) is 20.1. The summed E-state index contributed by atoms with van der Waals surface area (Å²) in [6.45, 7) is 2.49. The fourth-order valence-corrected chi connectivity index (χ4v) is 6.20. The van der Waals surface area contributed by atoms with Crippen LogP contribution in [0, 0.1) is 11.8 Å². The second-order valence-electron chi connectivity index (χ2n) is 8.20. The fraction of sp³-hybridized carbons (Fsp3) is 0.435. The molecular weight excluding hydrogens is 384 g/mol. The van der Waals surface area contributed by atoms with Gasteiger partial charge in [-0.25, -0.2) is 8.42 Å². The van der Waals surface area contributed by atoms with Crippen molar-refractivity contribution < 1.29 is 13.2 Å². The molecule has 0 aliphatic heterocycles. The Morgan fingerprint density at radius 1 is 1.03 bits per heavy atom. The van der Waals surface area contributed by atoms with E-state index in [1.807, 2.05) is 19.1 Å². The van der Waals surface area contributed by atoms with Gasteiger partial charge in [0, 0.05) is 24.7 Å². The van der Waals surface area contributed by atoms with Crippen LogP contribution in [0.2, 0.25) is 0 Å². The van der Waals surface area contributed by atoms with Crippen molar-refractivity contribution in [1.29, 1.82) is 0 Å². The Kier molecular flexibility index (Phi) is 5.74. The summed E-state index contributed by atoms with van der Waals surface area (Å²) >= 11 is 0. The summed E-state index contributed by atoms with van der Waals surface area (Å²) in [5.74, 6) is 1.40. The van der Waals surface area contributed by atoms with Crippen LogP contribution in [0.3, 0.4) is 0 Å². The molecule has 0 saturated heterocycles. The molecule has 0 aromatic heterocycles. The lowest BCUT2D eigenvalue weighted by Gasteiger charge is -2.23. The third kappa shape index (κ3) is 4.23. The van der Waals surface area contributed by atoms with Crippen LogP contribution in [0.25, 0.3) is 0 Å². The van der Waals surface area contributed by atoms with Gasteiger partial charge in [0.2, 0.25) is 10.0 Å². The summed E-state index contributed by atoms with van der Waals surface area (Å²) in [6, 6.07) is 16.1. The van der Waals surface area contributed by atoms with Crippen molar-refractivity contribution in [1.82, 2.24) is 9.62 Å². The van der Waals surface area contributed by atoms with E-state index in [4.69, 9.17) is 0 Å². The van der Waals surface area contributed by atoms with E-state index in [2.05, 4.69) is 5.32 Å². The third-order valence-corrected chi connectivity index (χ3v) is 8.30. The summed E-state index contributed by atoms with van der Waals surface area (Å²) < 4.78 is 27.2. The molecule has 29 heavy (non-hydrogen) atoms. The van der Waals surface area contributed by atoms with Crippen molar-refractivity contribution in [2.24, 2.45) is 11.8 Å². The molecule has 0 spiro atoms. The molecule has 1 amide bonds. The average Bonchev–Trinajstić information content (AvgIpc) is 3.36. The highest BCUT2D eigenvalue weighted by atomic mass is 32.2. The maximum atomic E-state index is 12.9. The fourth-order valence-electron chi connectivity index (χ4n) is 4.75. The first-order valence-corrected chi connectivity index (χ1v) is 11.9. The van der Waals surface area contributed by atoms with Gasteiger partial charge in [0.1, 0.15) is 0 Å². The SMILES string of the molecule is CCN(Cc1ccc(C(=O)N[C@H]2C[C@H]3CC[C@H]2C3)cc1)S(=O)(=O)c1ccccc1. The van der Waals surface area contributed by atoms with Gasteiger partial charge in [-0.15, -0.1) is 0 Å². The number of amides is 1. The number of hydrogen-bond acceptors (Lipinski definition) is 3. The minimum atomic E-state index is -3.54. The lowest BCUT2D eigenvalue weighted by Crippen LogP contribution is -2.38. The van der Waals surface area contributed by atoms with Crippen LogP contribution < -0.4 is 5.32 Å². The van der Waals surface area contributed by atoms with Crippen LogP contribution in [-0.4, -0.2) is 31.2 Å². The molecule has 5 nitrogen and oxygen atoms in total. The molecule has 4 rings (SSSR count). The standard InChI is InChI=1S/C23H28N2O3S/c1-2-25(29(27,28)21-6-4-3-5-7-21)16-17-8-11-19(12-9-17)23(26)24-22-15-18-10-13-20(22)14-18/h3-9,11-12,18,20,22H,2,10,13-16H2,1H3,(H,24,26)/t18-,20-,22-/m0/s1. The second kappa shape index (κ2) is 8.28. The zero-order chi connectivity index (χ0) is 20.4. The molecule has 2 saturated carbocycles. The molecular formula is C23H28N2O3S. The van der Waals surface area contributed by atoms with Gasteiger partial charge in [-0.05, 0) is 60.9 Å². The predicted octanol–water partition coefficient (Wildman–Crippen LogP) is 3.82. The van der Waals surface area contributed by atoms with E-state index in [-0.39, 0.29) is 12.5 Å². The molecule has 3 atom stereocenters. The van der Waals surface area contributed by atoms with E-state index in [0.29, 0.717) is 29.0 Å². The Morgan fingerprint density at radius 2 is 1.76 bits per heavy atom. The Balaban J connectivity index is 1.41. The molecule has 2 aromatic rings. The molecule has 2 aliphatic carbocycles. The molecule has 0 radical (unpaired) electrons. The Bertz CT molecular complexity index is 957. The zero-order valence-electron chi connectivity index (χ0n) is 16.8. The minimum absolute atomic E-state index is 0.0293. The van der Waals surface area contributed by atoms with Gasteiger partial charge in [-0.3, -0.25) is 4.79 Å². The van der Waals surface area contributed by atoms with Gasteiger partial charge in [0.25, 0.3) is 5.91 Å². The summed E-state index contributed by atoms with van der Waals surface area (Å²) in [7, 11) is -3.54. The van der Waals surface area contributed by atoms with Gasteiger partial charge in [0.15, 0.2) is 0 Å². The number of rotatable bonds is 7. The highest BCUT2D eigenvalue weighted by Gasteiger charge is 2.40. The molecule has 0 heterocycles. The van der Waals surface area contributed by atoms with Crippen LogP contribution in [0.5, 0.6) is 0 Å². The molecule has 1 N–H and O–H groups in total. The quantitative estimate of drug-likeness (QED) is 0.752. The normalized spacial score (nSPS) is 23.4. The van der Waals surface area contributed by atoms with Crippen LogP contribution in [0.1, 0.15) is 48.5 Å². The largest absolute Gasteiger partial charge is 0.349 e. The van der Waals surface area contributed by atoms with E-state index >= 15 is 0 Å². The van der Waals surface area contributed by atoms with Gasteiger partial charge in [-0.2, -0.15) is 4.31 Å². The molecule has 6 heteroatoms. The van der Waals surface area contributed by atoms with Crippen molar-refractivity contribution in [2.75, 3.05) is 6.54 Å². The van der Waals surface area contributed by atoms with Crippen molar-refractivity contribution in [3.05, 3.63) is 65.7 Å². The van der Waals surface area contributed by atoms with Gasteiger partial charge in [-0.1, -0.05) is 43.7 Å². The van der Waals surface area contributed by atoms with E-state index in [1.165, 1.54) is 23.6 Å². The van der Waals surface area contributed by atoms with Crippen LogP contribution >= 0.6 is 0 Å². The maximum Gasteiger partial charge on any atom is 0.251 e. The topological polar surface area (TPSA) is 66.5 Å². The van der Waals surface area contributed by atoms with Gasteiger partial charge in [0.05, 0.1) is 4.90 Å². The van der Waals surface area contributed by atoms with E-state index in [1.54, 1.807) is 42.5 Å². The molecule has 2 fully saturated rings. The average molecular weight is 413 g/mol. The number of nitrogens with one attached hydrogen (secondary N) is 1. The summed E-state index contributed by atoms with van der Waals surface area (Å²) in [5.41, 5.74) is 1.49. The second-order valence-corrected chi connectivity index (χ2v) is 10.1. The van der Waals surface area contributed by atoms with Crippen molar-refractivity contribution in [3.63, 3.8) is 0 Å². The lowest BCUT2D eigenvalue weighted by molar-refractivity contribution is 0.0923. The molecule has 2 bridgehead atoms. The number of carbonyl (C=O) groups excluding carboxylic acids is 1. The molecule has 2 aromatic carbocycles. The monoisotopic (exact) mass is 412 g/mol. The van der Waals surface area contributed by atoms with E-state index in [9.17, 15) is 13.2 Å². The van der Waals surface area contributed by atoms with Crippen molar-refractivity contribution >= 4 is 15.9 Å². The number of hydrogen-bond donors (Lipinski definition) is 1. The Morgan fingerprint density at radius 3 is 2.34 bits per heavy atom. The smallest absolute Gasteiger partial charge is 0.251 e. The van der Waals surface area contributed by atoms with Gasteiger partial charge < -0.3 is 5.32 Å². The number of benzene rings is 2.